The highest BCUT2D eigenvalue weighted by molar-refractivity contribution is 5.88. The van der Waals surface area contributed by atoms with Gasteiger partial charge in [-0.1, -0.05) is 18.2 Å². The van der Waals surface area contributed by atoms with Gasteiger partial charge in [0, 0.05) is 48.5 Å². The maximum absolute atomic E-state index is 11.0. The van der Waals surface area contributed by atoms with Gasteiger partial charge in [-0.25, -0.2) is 0 Å². The quantitative estimate of drug-likeness (QED) is 0.273. The summed E-state index contributed by atoms with van der Waals surface area (Å²) >= 11 is 0. The first kappa shape index (κ1) is 27.5. The summed E-state index contributed by atoms with van der Waals surface area (Å²) in [6.45, 7) is 5.52. The van der Waals surface area contributed by atoms with Gasteiger partial charge in [-0.3, -0.25) is 14.8 Å². The van der Waals surface area contributed by atoms with Crippen molar-refractivity contribution in [2.75, 3.05) is 52.9 Å². The Morgan fingerprint density at radius 2 is 1.58 bits per heavy atom. The van der Waals surface area contributed by atoms with Gasteiger partial charge in [0.15, 0.2) is 0 Å². The van der Waals surface area contributed by atoms with E-state index in [-0.39, 0.29) is 24.0 Å². The van der Waals surface area contributed by atoms with Crippen molar-refractivity contribution < 1.29 is 28.8 Å². The molecule has 0 saturated carbocycles. The van der Waals surface area contributed by atoms with Crippen LogP contribution in [0.25, 0.3) is 10.9 Å². The van der Waals surface area contributed by atoms with Gasteiger partial charge in [0.05, 0.1) is 46.2 Å². The molecule has 0 aliphatic carbocycles. The van der Waals surface area contributed by atoms with Crippen LogP contribution in [0.2, 0.25) is 0 Å². The van der Waals surface area contributed by atoms with E-state index >= 15 is 0 Å². The Kier molecular flexibility index (Phi) is 11.5. The molecule has 3 rings (SSSR count). The summed E-state index contributed by atoms with van der Waals surface area (Å²) in [6, 6.07) is 9.78. The predicted octanol–water partition coefficient (Wildman–Crippen LogP) is 3.11. The maximum Gasteiger partial charge on any atom is 0.219 e. The Morgan fingerprint density at radius 3 is 2.22 bits per heavy atom. The lowest BCUT2D eigenvalue weighted by molar-refractivity contribution is -0.119. The van der Waals surface area contributed by atoms with Gasteiger partial charge < -0.3 is 29.8 Å². The highest BCUT2D eigenvalue weighted by atomic mass is 16.6. The summed E-state index contributed by atoms with van der Waals surface area (Å²) in [7, 11) is 0. The van der Waals surface area contributed by atoms with Crippen molar-refractivity contribution in [1.29, 1.82) is 0 Å². The molecule has 0 aliphatic rings. The number of fused-ring (bicyclic) bond motifs is 1. The summed E-state index contributed by atoms with van der Waals surface area (Å²) in [5.41, 5.74) is 8.54. The maximum atomic E-state index is 11.0. The summed E-state index contributed by atoms with van der Waals surface area (Å²) in [5, 5.41) is 12.0. The van der Waals surface area contributed by atoms with Crippen LogP contribution in [0.5, 0.6) is 5.75 Å². The minimum absolute atomic E-state index is 0.0803. The molecule has 0 aliphatic heterocycles. The molecule has 0 bridgehead atoms. The normalized spacial score (nSPS) is 12.1. The highest BCUT2D eigenvalue weighted by Gasteiger charge is 2.21. The molecular weight excluding hydrogens is 462 g/mol. The minimum Gasteiger partial charge on any atom is -0.505 e. The number of hydrogen-bond acceptors (Lipinski definition) is 8. The van der Waals surface area contributed by atoms with Crippen LogP contribution in [0.15, 0.2) is 48.9 Å². The number of primary amides is 1. The zero-order chi connectivity index (χ0) is 25.6. The predicted molar refractivity (Wildman–Crippen MR) is 136 cm³/mol. The van der Waals surface area contributed by atoms with Gasteiger partial charge in [0.25, 0.3) is 0 Å². The van der Waals surface area contributed by atoms with Crippen LogP contribution < -0.4 is 5.73 Å². The Labute approximate surface area is 211 Å². The average Bonchev–Trinajstić information content (AvgIpc) is 2.89. The highest BCUT2D eigenvalue weighted by Crippen LogP contribution is 2.38. The van der Waals surface area contributed by atoms with Crippen molar-refractivity contribution in [3.63, 3.8) is 0 Å². The number of ether oxygens (including phenoxy) is 4. The van der Waals surface area contributed by atoms with Crippen LogP contribution in [-0.4, -0.2) is 73.8 Å². The first-order valence-electron chi connectivity index (χ1n) is 12.1. The van der Waals surface area contributed by atoms with E-state index in [0.717, 1.165) is 22.1 Å². The molecule has 1 amide bonds. The van der Waals surface area contributed by atoms with Gasteiger partial charge in [-0.2, -0.15) is 0 Å². The molecule has 3 aromatic rings. The number of benzene rings is 1. The number of aryl methyl sites for hydroxylation is 1. The number of phenolic OH excluding ortho intramolecular Hbond substituents is 1. The van der Waals surface area contributed by atoms with Crippen molar-refractivity contribution in [3.05, 3.63) is 65.6 Å². The zero-order valence-corrected chi connectivity index (χ0v) is 20.7. The number of aromatic hydroxyl groups is 1. The van der Waals surface area contributed by atoms with Crippen LogP contribution in [0.1, 0.15) is 35.4 Å². The van der Waals surface area contributed by atoms with Gasteiger partial charge in [-0.15, -0.1) is 0 Å². The molecule has 1 atom stereocenters. The summed E-state index contributed by atoms with van der Waals surface area (Å²) < 4.78 is 22.0. The van der Waals surface area contributed by atoms with Crippen LogP contribution in [0, 0.1) is 6.92 Å². The van der Waals surface area contributed by atoms with Crippen molar-refractivity contribution in [2.45, 2.75) is 25.7 Å². The fourth-order valence-corrected chi connectivity index (χ4v) is 3.91. The molecule has 1 aromatic carbocycles. The van der Waals surface area contributed by atoms with Crippen molar-refractivity contribution in [3.8, 4) is 5.75 Å². The van der Waals surface area contributed by atoms with E-state index in [1.807, 2.05) is 43.5 Å². The third-order valence-electron chi connectivity index (χ3n) is 5.72. The molecule has 2 heterocycles. The van der Waals surface area contributed by atoms with E-state index in [1.165, 1.54) is 0 Å². The molecular formula is C27H35N3O6. The number of aromatic nitrogens is 2. The molecule has 0 fully saturated rings. The lowest BCUT2D eigenvalue weighted by Crippen LogP contribution is -2.15. The van der Waals surface area contributed by atoms with E-state index in [4.69, 9.17) is 24.7 Å². The third-order valence-corrected chi connectivity index (χ3v) is 5.72. The molecule has 3 N–H and O–H groups in total. The smallest absolute Gasteiger partial charge is 0.219 e. The monoisotopic (exact) mass is 497 g/mol. The molecule has 9 heteroatoms. The lowest BCUT2D eigenvalue weighted by Gasteiger charge is -2.20. The topological polar surface area (TPSA) is 126 Å². The lowest BCUT2D eigenvalue weighted by atomic mass is 9.87. The third kappa shape index (κ3) is 8.53. The number of amides is 1. The van der Waals surface area contributed by atoms with Crippen molar-refractivity contribution >= 4 is 16.8 Å². The second kappa shape index (κ2) is 15.1. The standard InChI is InChI=1S/C27H35N3O6/c1-20-18-24(27(32)26-22(20)5-3-9-30-26)23(21-4-2-8-29-19-21)6-10-33-12-14-35-16-17-36-15-13-34-11-7-25(28)31/h2-5,8-9,18-19,23,32H,6-7,10-17H2,1H3,(H2,28,31). The minimum atomic E-state index is -0.377. The molecule has 1 unspecified atom stereocenters. The van der Waals surface area contributed by atoms with Gasteiger partial charge in [0.2, 0.25) is 5.91 Å². The molecule has 0 spiro atoms. The van der Waals surface area contributed by atoms with Crippen LogP contribution in [-0.2, 0) is 23.7 Å². The van der Waals surface area contributed by atoms with E-state index in [1.54, 1.807) is 12.4 Å². The largest absolute Gasteiger partial charge is 0.505 e. The molecule has 0 saturated heterocycles. The molecule has 9 nitrogen and oxygen atoms in total. The van der Waals surface area contributed by atoms with Crippen molar-refractivity contribution in [1.82, 2.24) is 9.97 Å². The number of nitrogens with zero attached hydrogens (tertiary/aromatic N) is 2. The van der Waals surface area contributed by atoms with Crippen LogP contribution in [0.3, 0.4) is 0 Å². The van der Waals surface area contributed by atoms with E-state index in [2.05, 4.69) is 9.97 Å². The second-order valence-electron chi connectivity index (χ2n) is 8.32. The summed E-state index contributed by atoms with van der Waals surface area (Å²) in [6.07, 6.45) is 6.15. The van der Waals surface area contributed by atoms with Crippen LogP contribution >= 0.6 is 0 Å². The number of nitrogens with two attached hydrogens (primary N) is 1. The number of phenols is 1. The fraction of sp³-hybridized carbons (Fsp3) is 0.444. The SMILES string of the molecule is Cc1cc(C(CCOCCOCCOCCOCCC(N)=O)c2cccnc2)c(O)c2ncccc12. The fourth-order valence-electron chi connectivity index (χ4n) is 3.91. The Hall–Kier alpha value is -3.11. The Balaban J connectivity index is 1.41. The average molecular weight is 498 g/mol. The number of rotatable bonds is 17. The summed E-state index contributed by atoms with van der Waals surface area (Å²) in [5.74, 6) is -0.256. The Morgan fingerprint density at radius 1 is 0.944 bits per heavy atom. The first-order chi connectivity index (χ1) is 17.6. The number of hydrogen-bond donors (Lipinski definition) is 2. The van der Waals surface area contributed by atoms with E-state index in [9.17, 15) is 9.90 Å². The number of pyridine rings is 2. The van der Waals surface area contributed by atoms with E-state index in [0.29, 0.717) is 64.8 Å². The first-order valence-corrected chi connectivity index (χ1v) is 12.1. The van der Waals surface area contributed by atoms with Gasteiger partial charge in [-0.05, 0) is 36.6 Å². The number of carbonyl (C=O) groups excluding carboxylic acids is 1. The molecule has 36 heavy (non-hydrogen) atoms. The van der Waals surface area contributed by atoms with Gasteiger partial charge >= 0.3 is 0 Å². The molecule has 0 radical (unpaired) electrons. The second-order valence-corrected chi connectivity index (χ2v) is 8.32. The zero-order valence-electron chi connectivity index (χ0n) is 20.7. The van der Waals surface area contributed by atoms with Crippen LogP contribution in [0.4, 0.5) is 0 Å². The van der Waals surface area contributed by atoms with Crippen molar-refractivity contribution in [2.24, 2.45) is 5.73 Å². The summed E-state index contributed by atoms with van der Waals surface area (Å²) in [4.78, 5) is 19.3. The Bertz CT molecular complexity index is 1080. The molecule has 2 aromatic heterocycles. The number of carbonyl (C=O) groups is 1. The van der Waals surface area contributed by atoms with Gasteiger partial charge in [0.1, 0.15) is 11.3 Å². The van der Waals surface area contributed by atoms with E-state index < -0.39 is 0 Å². The molecule has 194 valence electrons.